The molecule has 0 radical (unpaired) electrons. The van der Waals surface area contributed by atoms with Gasteiger partial charge in [-0.25, -0.2) is 4.52 Å². The monoisotopic (exact) mass is 476 g/mol. The molecule has 2 aromatic heterocycles. The summed E-state index contributed by atoms with van der Waals surface area (Å²) in [7, 11) is 1.73. The Morgan fingerprint density at radius 1 is 0.967 bits per heavy atom. The average Bonchev–Trinajstić information content (AvgIpc) is 3.21. The second kappa shape index (κ2) is 7.88. The third-order valence-corrected chi connectivity index (χ3v) is 6.11. The van der Waals surface area contributed by atoms with Crippen LogP contribution in [0.25, 0.3) is 27.5 Å². The van der Waals surface area contributed by atoms with Crippen LogP contribution in [0.1, 0.15) is 17.2 Å². The molecule has 0 saturated carbocycles. The smallest absolute Gasteiger partial charge is 0.111 e. The fraction of sp³-hybridized carbons (Fsp3) is 0.0800. The summed E-state index contributed by atoms with van der Waals surface area (Å²) in [4.78, 5) is 0. The van der Waals surface area contributed by atoms with Gasteiger partial charge in [0.1, 0.15) is 6.10 Å². The maximum Gasteiger partial charge on any atom is 0.111 e. The van der Waals surface area contributed by atoms with E-state index in [-0.39, 0.29) is 6.10 Å². The van der Waals surface area contributed by atoms with Crippen LogP contribution >= 0.6 is 27.5 Å². The summed E-state index contributed by atoms with van der Waals surface area (Å²) in [5.41, 5.74) is 5.20. The molecule has 0 aliphatic heterocycles. The lowest BCUT2D eigenvalue weighted by Crippen LogP contribution is -2.04. The van der Waals surface area contributed by atoms with Crippen LogP contribution in [0.3, 0.4) is 0 Å². The van der Waals surface area contributed by atoms with E-state index in [4.69, 9.17) is 21.4 Å². The minimum atomic E-state index is -0.246. The van der Waals surface area contributed by atoms with Crippen molar-refractivity contribution in [3.63, 3.8) is 0 Å². The van der Waals surface area contributed by atoms with Gasteiger partial charge in [-0.3, -0.25) is 0 Å². The summed E-state index contributed by atoms with van der Waals surface area (Å²) >= 11 is 9.89. The molecule has 0 saturated heterocycles. The highest BCUT2D eigenvalue weighted by molar-refractivity contribution is 9.10. The molecule has 0 fully saturated rings. The van der Waals surface area contributed by atoms with Gasteiger partial charge in [0.25, 0.3) is 0 Å². The van der Waals surface area contributed by atoms with Gasteiger partial charge < -0.3 is 4.74 Å². The Hall–Kier alpha value is -2.66. The Morgan fingerprint density at radius 3 is 2.47 bits per heavy atom. The van der Waals surface area contributed by atoms with E-state index in [2.05, 4.69) is 52.3 Å². The van der Waals surface area contributed by atoms with Crippen molar-refractivity contribution in [1.29, 1.82) is 0 Å². The second-order valence-corrected chi connectivity index (χ2v) is 8.51. The number of halogens is 2. The number of ether oxygens (including phenoxy) is 1. The largest absolute Gasteiger partial charge is 0.372 e. The van der Waals surface area contributed by atoms with Crippen LogP contribution in [0, 0.1) is 0 Å². The topological polar surface area (TPSA) is 26.5 Å². The van der Waals surface area contributed by atoms with E-state index in [0.717, 1.165) is 43.1 Å². The van der Waals surface area contributed by atoms with Crippen LogP contribution in [-0.2, 0) is 4.74 Å². The van der Waals surface area contributed by atoms with Crippen molar-refractivity contribution in [1.82, 2.24) is 9.61 Å². The summed E-state index contributed by atoms with van der Waals surface area (Å²) < 4.78 is 8.98. The van der Waals surface area contributed by atoms with Gasteiger partial charge in [-0.05, 0) is 41.3 Å². The predicted octanol–water partition coefficient (Wildman–Crippen LogP) is 7.31. The number of nitrogens with zero attached hydrogens (tertiary/aromatic N) is 2. The van der Waals surface area contributed by atoms with E-state index in [1.165, 1.54) is 0 Å². The zero-order valence-corrected chi connectivity index (χ0v) is 18.6. The maximum absolute atomic E-state index is 6.38. The van der Waals surface area contributed by atoms with Crippen LogP contribution in [0.15, 0.2) is 89.5 Å². The normalized spacial score (nSPS) is 12.5. The molecule has 1 atom stereocenters. The molecule has 5 heteroatoms. The van der Waals surface area contributed by atoms with Crippen molar-refractivity contribution in [3.05, 3.63) is 106 Å². The van der Waals surface area contributed by atoms with Crippen LogP contribution in [0.2, 0.25) is 5.02 Å². The number of aromatic nitrogens is 2. The van der Waals surface area contributed by atoms with Crippen molar-refractivity contribution in [2.24, 2.45) is 0 Å². The second-order valence-electron chi connectivity index (χ2n) is 7.15. The zero-order chi connectivity index (χ0) is 20.7. The van der Waals surface area contributed by atoms with Crippen molar-refractivity contribution < 1.29 is 4.74 Å². The van der Waals surface area contributed by atoms with Gasteiger partial charge in [-0.2, -0.15) is 5.10 Å². The Kier molecular flexibility index (Phi) is 5.07. The van der Waals surface area contributed by atoms with E-state index < -0.39 is 0 Å². The number of hydrogen-bond acceptors (Lipinski definition) is 2. The molecule has 5 aromatic rings. The predicted molar refractivity (Wildman–Crippen MR) is 126 cm³/mol. The van der Waals surface area contributed by atoms with Gasteiger partial charge >= 0.3 is 0 Å². The number of pyridine rings is 1. The van der Waals surface area contributed by atoms with Gasteiger partial charge in [0.15, 0.2) is 0 Å². The molecule has 1 unspecified atom stereocenters. The average molecular weight is 478 g/mol. The third kappa shape index (κ3) is 3.31. The molecule has 0 amide bonds. The van der Waals surface area contributed by atoms with E-state index in [1.54, 1.807) is 7.11 Å². The molecule has 0 bridgehead atoms. The lowest BCUT2D eigenvalue weighted by Gasteiger charge is -2.17. The first-order chi connectivity index (χ1) is 14.7. The molecular formula is C25H18BrClN2O. The Balaban J connectivity index is 1.83. The number of rotatable bonds is 4. The Morgan fingerprint density at radius 2 is 1.73 bits per heavy atom. The van der Waals surface area contributed by atoms with Gasteiger partial charge in [-0.1, -0.05) is 76.1 Å². The highest BCUT2D eigenvalue weighted by Gasteiger charge is 2.22. The fourth-order valence-corrected chi connectivity index (χ4v) is 4.40. The van der Waals surface area contributed by atoms with E-state index in [9.17, 15) is 0 Å². The fourth-order valence-electron chi connectivity index (χ4n) is 3.97. The van der Waals surface area contributed by atoms with E-state index >= 15 is 0 Å². The summed E-state index contributed by atoms with van der Waals surface area (Å²) in [6.45, 7) is 0. The molecule has 0 aliphatic rings. The molecule has 0 aliphatic carbocycles. The third-order valence-electron chi connectivity index (χ3n) is 5.35. The van der Waals surface area contributed by atoms with E-state index in [1.807, 2.05) is 53.2 Å². The molecule has 148 valence electrons. The minimum absolute atomic E-state index is 0.246. The zero-order valence-electron chi connectivity index (χ0n) is 16.2. The molecule has 0 N–H and O–H groups in total. The van der Waals surface area contributed by atoms with E-state index in [0.29, 0.717) is 5.02 Å². The first kappa shape index (κ1) is 19.3. The molecule has 30 heavy (non-hydrogen) atoms. The van der Waals surface area contributed by atoms with Crippen LogP contribution in [0.4, 0.5) is 0 Å². The number of fused-ring (bicyclic) bond motifs is 3. The van der Waals surface area contributed by atoms with Crippen molar-refractivity contribution in [3.8, 4) is 11.3 Å². The number of hydrogen-bond donors (Lipinski definition) is 0. The van der Waals surface area contributed by atoms with Gasteiger partial charge in [-0.15, -0.1) is 0 Å². The van der Waals surface area contributed by atoms with Crippen molar-refractivity contribution in [2.45, 2.75) is 6.10 Å². The van der Waals surface area contributed by atoms with Gasteiger partial charge in [0.05, 0.1) is 17.4 Å². The highest BCUT2D eigenvalue weighted by Crippen LogP contribution is 2.36. The number of benzene rings is 3. The lowest BCUT2D eigenvalue weighted by molar-refractivity contribution is 0.137. The minimum Gasteiger partial charge on any atom is -0.372 e. The van der Waals surface area contributed by atoms with Gasteiger partial charge in [0.2, 0.25) is 0 Å². The lowest BCUT2D eigenvalue weighted by atomic mass is 9.99. The SMILES string of the molecule is COC(c1ccc(Br)cc1)c1cnn2c(-c3ccccc3)cc3ccc(Cl)cc3c12. The van der Waals surface area contributed by atoms with Crippen LogP contribution < -0.4 is 0 Å². The number of methoxy groups -OCH3 is 1. The Bertz CT molecular complexity index is 1350. The Labute approximate surface area is 188 Å². The molecule has 2 heterocycles. The summed E-state index contributed by atoms with van der Waals surface area (Å²) in [5.74, 6) is 0. The molecule has 5 rings (SSSR count). The van der Waals surface area contributed by atoms with Crippen molar-refractivity contribution >= 4 is 43.8 Å². The summed E-state index contributed by atoms with van der Waals surface area (Å²) in [5, 5.41) is 7.63. The quantitative estimate of drug-likeness (QED) is 0.271. The van der Waals surface area contributed by atoms with Crippen LogP contribution in [0.5, 0.6) is 0 Å². The highest BCUT2D eigenvalue weighted by atomic mass is 79.9. The molecule has 0 spiro atoms. The van der Waals surface area contributed by atoms with Crippen molar-refractivity contribution in [2.75, 3.05) is 7.11 Å². The van der Waals surface area contributed by atoms with Gasteiger partial charge in [0, 0.05) is 33.1 Å². The first-order valence-electron chi connectivity index (χ1n) is 9.59. The standard InChI is InChI=1S/C25H18BrClN2O/c1-30-25(17-7-10-19(26)11-8-17)22-15-28-29-23(16-5-3-2-4-6-16)13-18-9-12-20(27)14-21(18)24(22)29/h2-15,25H,1H3. The molecule has 3 aromatic carbocycles. The molecule has 3 nitrogen and oxygen atoms in total. The maximum atomic E-state index is 6.38. The summed E-state index contributed by atoms with van der Waals surface area (Å²) in [6.07, 6.45) is 1.65. The summed E-state index contributed by atoms with van der Waals surface area (Å²) in [6, 6.07) is 26.6. The van der Waals surface area contributed by atoms with Crippen LogP contribution in [-0.4, -0.2) is 16.7 Å². The molecular weight excluding hydrogens is 460 g/mol. The first-order valence-corrected chi connectivity index (χ1v) is 10.8.